The minimum Gasteiger partial charge on any atom is -0.459 e. The standard InChI is InChI=1S/C44H66O25/c1-9-17(5)37(55)59-14-22-25(46)29(50)32(53)41(63-22)67-35-30(51)26(47)23(15-60-38(56)18(6)10-2)64-43(35)69-44-36(31(52)27(48)24(65-44)16-61-39(57)19(7)11-3)68-42-33(54)34(28(49)21(13-45)62-42)66-40(58)20(8)12-4/h9-12,21-36,41-54H,13-16H2,1-8H3. The summed E-state index contributed by atoms with van der Waals surface area (Å²) in [6, 6.07) is 0. The number of allylic oxidation sites excluding steroid dienone is 4. The first kappa shape index (κ1) is 57.7. The van der Waals surface area contributed by atoms with Crippen molar-refractivity contribution in [3.8, 4) is 0 Å². The molecule has 0 saturated carbocycles. The summed E-state index contributed by atoms with van der Waals surface area (Å²) >= 11 is 0. The van der Waals surface area contributed by atoms with E-state index in [1.165, 1.54) is 58.9 Å². The Labute approximate surface area is 396 Å². The third-order valence-electron chi connectivity index (χ3n) is 12.0. The van der Waals surface area contributed by atoms with Crippen LogP contribution in [0.2, 0.25) is 0 Å². The van der Waals surface area contributed by atoms with E-state index < -0.39 is 173 Å². The van der Waals surface area contributed by atoms with Gasteiger partial charge in [-0.1, -0.05) is 24.3 Å². The highest BCUT2D eigenvalue weighted by Crippen LogP contribution is 2.36. The summed E-state index contributed by atoms with van der Waals surface area (Å²) in [5.41, 5.74) is 0.551. The van der Waals surface area contributed by atoms with Crippen LogP contribution in [0.5, 0.6) is 0 Å². The number of carbonyl (C=O) groups is 4. The first-order valence-electron chi connectivity index (χ1n) is 22.1. The van der Waals surface area contributed by atoms with Gasteiger partial charge in [0, 0.05) is 22.3 Å². The molecule has 0 aromatic carbocycles. The summed E-state index contributed by atoms with van der Waals surface area (Å²) in [6.07, 6.45) is -33.4. The van der Waals surface area contributed by atoms with E-state index in [0.29, 0.717) is 0 Å². The predicted octanol–water partition coefficient (Wildman–Crippen LogP) is -3.68. The second kappa shape index (κ2) is 26.0. The molecule has 10 N–H and O–H groups in total. The molecule has 69 heavy (non-hydrogen) atoms. The van der Waals surface area contributed by atoms with Crippen LogP contribution >= 0.6 is 0 Å². The van der Waals surface area contributed by atoms with Crippen molar-refractivity contribution in [3.05, 3.63) is 46.6 Å². The highest BCUT2D eigenvalue weighted by atomic mass is 16.8. The summed E-state index contributed by atoms with van der Waals surface area (Å²) in [7, 11) is 0. The number of carbonyl (C=O) groups excluding carboxylic acids is 4. The van der Waals surface area contributed by atoms with Crippen molar-refractivity contribution in [2.24, 2.45) is 0 Å². The average molecular weight is 995 g/mol. The molecule has 4 aliphatic heterocycles. The number of aliphatic hydroxyl groups excluding tert-OH is 10. The number of ether oxygens (including phenoxy) is 11. The minimum absolute atomic E-state index is 0.0693. The molecule has 0 aromatic heterocycles. The molecule has 25 nitrogen and oxygen atoms in total. The second-order valence-electron chi connectivity index (χ2n) is 16.7. The van der Waals surface area contributed by atoms with E-state index >= 15 is 0 Å². The number of hydrogen-bond acceptors (Lipinski definition) is 25. The molecule has 0 aromatic rings. The van der Waals surface area contributed by atoms with Crippen LogP contribution in [0.3, 0.4) is 0 Å². The Kier molecular flexibility index (Phi) is 21.8. The molecule has 25 heteroatoms. The van der Waals surface area contributed by atoms with Gasteiger partial charge in [0.25, 0.3) is 0 Å². The summed E-state index contributed by atoms with van der Waals surface area (Å²) in [4.78, 5) is 50.5. The van der Waals surface area contributed by atoms with Crippen molar-refractivity contribution in [3.63, 3.8) is 0 Å². The Hall–Kier alpha value is -3.84. The highest BCUT2D eigenvalue weighted by Gasteiger charge is 2.56. The minimum atomic E-state index is -2.16. The quantitative estimate of drug-likeness (QED) is 0.0359. The van der Waals surface area contributed by atoms with Crippen molar-refractivity contribution in [2.45, 2.75) is 178 Å². The lowest BCUT2D eigenvalue weighted by molar-refractivity contribution is -0.414. The summed E-state index contributed by atoms with van der Waals surface area (Å²) in [5, 5.41) is 111. The van der Waals surface area contributed by atoms with E-state index in [4.69, 9.17) is 52.1 Å². The van der Waals surface area contributed by atoms with Gasteiger partial charge >= 0.3 is 23.9 Å². The fraction of sp³-hybridized carbons (Fsp3) is 0.727. The van der Waals surface area contributed by atoms with Crippen LogP contribution in [0.15, 0.2) is 46.6 Å². The first-order chi connectivity index (χ1) is 32.5. The Morgan fingerprint density at radius 1 is 0.391 bits per heavy atom. The molecule has 0 spiro atoms. The monoisotopic (exact) mass is 994 g/mol. The summed E-state index contributed by atoms with van der Waals surface area (Å²) in [6.45, 7) is 8.77. The number of rotatable bonds is 18. The van der Waals surface area contributed by atoms with E-state index in [9.17, 15) is 70.2 Å². The van der Waals surface area contributed by atoms with Crippen LogP contribution in [-0.2, 0) is 71.3 Å². The third kappa shape index (κ3) is 14.0. The van der Waals surface area contributed by atoms with Gasteiger partial charge < -0.3 is 103 Å². The molecular formula is C44H66O25. The van der Waals surface area contributed by atoms with Crippen LogP contribution in [0.25, 0.3) is 0 Å². The molecule has 392 valence electrons. The molecule has 4 fully saturated rings. The maximum atomic E-state index is 12.8. The van der Waals surface area contributed by atoms with Gasteiger partial charge in [0.15, 0.2) is 31.3 Å². The van der Waals surface area contributed by atoms with Gasteiger partial charge in [-0.3, -0.25) is 0 Å². The Bertz CT molecular complexity index is 1870. The van der Waals surface area contributed by atoms with Gasteiger partial charge in [0.2, 0.25) is 0 Å². The topological polar surface area (TPSA) is 372 Å². The Morgan fingerprint density at radius 3 is 1.10 bits per heavy atom. The van der Waals surface area contributed by atoms with E-state index in [2.05, 4.69) is 0 Å². The molecule has 0 radical (unpaired) electrons. The number of hydrogen-bond donors (Lipinski definition) is 10. The largest absolute Gasteiger partial charge is 0.459 e. The lowest BCUT2D eigenvalue weighted by Crippen LogP contribution is -2.68. The zero-order valence-electron chi connectivity index (χ0n) is 39.3. The van der Waals surface area contributed by atoms with Crippen LogP contribution in [-0.4, -0.2) is 224 Å². The molecule has 0 bridgehead atoms. The lowest BCUT2D eigenvalue weighted by atomic mass is 9.96. The fourth-order valence-electron chi connectivity index (χ4n) is 7.01. The number of esters is 4. The van der Waals surface area contributed by atoms with Crippen LogP contribution in [0.4, 0.5) is 0 Å². The van der Waals surface area contributed by atoms with Gasteiger partial charge in [0.05, 0.1) is 6.61 Å². The molecule has 4 heterocycles. The van der Waals surface area contributed by atoms with Crippen molar-refractivity contribution < 1.29 is 122 Å². The van der Waals surface area contributed by atoms with Gasteiger partial charge in [-0.15, -0.1) is 0 Å². The van der Waals surface area contributed by atoms with Crippen LogP contribution in [0, 0.1) is 0 Å². The Balaban J connectivity index is 1.76. The fourth-order valence-corrected chi connectivity index (χ4v) is 7.01. The Morgan fingerprint density at radius 2 is 0.725 bits per heavy atom. The van der Waals surface area contributed by atoms with Gasteiger partial charge in [-0.25, -0.2) is 19.2 Å². The van der Waals surface area contributed by atoms with Gasteiger partial charge in [-0.2, -0.15) is 0 Å². The van der Waals surface area contributed by atoms with Crippen molar-refractivity contribution >= 4 is 23.9 Å². The normalized spacial score (nSPS) is 39.3. The average Bonchev–Trinajstić information content (AvgIpc) is 3.34. The zero-order chi connectivity index (χ0) is 51.6. The highest BCUT2D eigenvalue weighted by molar-refractivity contribution is 5.89. The summed E-state index contributed by atoms with van der Waals surface area (Å²) in [5.74, 6) is -3.50. The van der Waals surface area contributed by atoms with Crippen molar-refractivity contribution in [1.82, 2.24) is 0 Å². The van der Waals surface area contributed by atoms with Gasteiger partial charge in [-0.05, 0) is 55.4 Å². The third-order valence-corrected chi connectivity index (χ3v) is 12.0. The second-order valence-corrected chi connectivity index (χ2v) is 16.7. The predicted molar refractivity (Wildman–Crippen MR) is 227 cm³/mol. The van der Waals surface area contributed by atoms with E-state index in [1.54, 1.807) is 20.8 Å². The smallest absolute Gasteiger partial charge is 0.333 e. The van der Waals surface area contributed by atoms with E-state index in [1.807, 2.05) is 0 Å². The van der Waals surface area contributed by atoms with E-state index in [0.717, 1.165) is 0 Å². The van der Waals surface area contributed by atoms with Crippen molar-refractivity contribution in [1.29, 1.82) is 0 Å². The van der Waals surface area contributed by atoms with E-state index in [-0.39, 0.29) is 22.3 Å². The molecular weight excluding hydrogens is 928 g/mol. The van der Waals surface area contributed by atoms with Crippen LogP contribution in [0.1, 0.15) is 55.4 Å². The SMILES string of the molecule is CC=C(C)C(=O)OCC1OC(OC2C(OC3OC(COC(=O)C(C)=CC)C(O)C(O)C3OC3OC(CO)C(O)C(OC(=O)C(C)=CC)C3O)OC(COC(=O)C(C)=CC)C(O)C2O)C(O)C(O)C1O. The molecule has 4 aliphatic rings. The maximum Gasteiger partial charge on any atom is 0.333 e. The zero-order valence-corrected chi connectivity index (χ0v) is 39.3. The first-order valence-corrected chi connectivity index (χ1v) is 22.1. The molecule has 4 saturated heterocycles. The number of aliphatic hydroxyl groups is 10. The summed E-state index contributed by atoms with van der Waals surface area (Å²) < 4.78 is 62.5. The molecule has 20 unspecified atom stereocenters. The maximum absolute atomic E-state index is 12.8. The van der Waals surface area contributed by atoms with Crippen LogP contribution < -0.4 is 0 Å². The van der Waals surface area contributed by atoms with Crippen molar-refractivity contribution in [2.75, 3.05) is 26.4 Å². The lowest BCUT2D eigenvalue weighted by Gasteiger charge is -2.49. The molecule has 0 amide bonds. The molecule has 20 atom stereocenters. The molecule has 4 rings (SSSR count). The molecule has 0 aliphatic carbocycles. The van der Waals surface area contributed by atoms with Gasteiger partial charge in [0.1, 0.15) is 111 Å².